The Labute approximate surface area is 82.9 Å². The van der Waals surface area contributed by atoms with Crippen molar-refractivity contribution < 1.29 is 19.2 Å². The summed E-state index contributed by atoms with van der Waals surface area (Å²) in [6, 6.07) is 3.72. The lowest BCUT2D eigenvalue weighted by atomic mass is 10.2. The van der Waals surface area contributed by atoms with Crippen LogP contribution < -0.4 is 0 Å². The van der Waals surface area contributed by atoms with Gasteiger partial charge in [0.1, 0.15) is 5.58 Å². The Hall–Kier alpha value is -2.37. The molecule has 1 aromatic carbocycles. The third-order valence-corrected chi connectivity index (χ3v) is 1.99. The zero-order valence-corrected chi connectivity index (χ0v) is 7.34. The van der Waals surface area contributed by atoms with Crippen LogP contribution in [0.15, 0.2) is 22.6 Å². The Morgan fingerprint density at radius 1 is 1.47 bits per heavy atom. The Bertz CT molecular complexity index is 557. The number of rotatable bonds is 2. The smallest absolute Gasteiger partial charge is 0.270 e. The Morgan fingerprint density at radius 2 is 2.20 bits per heavy atom. The molecular weight excluding hydrogens is 202 g/mol. The standard InChI is InChI=1S/C9H5NO5/c11-4-8-9(12)6-3-5(10(13)14)1-2-7(6)15-8/h1-4,12H. The molecule has 0 saturated heterocycles. The number of aromatic hydroxyl groups is 1. The molecule has 0 unspecified atom stereocenters. The molecule has 1 aromatic heterocycles. The monoisotopic (exact) mass is 207 g/mol. The van der Waals surface area contributed by atoms with E-state index in [4.69, 9.17) is 4.42 Å². The van der Waals surface area contributed by atoms with Crippen molar-refractivity contribution in [3.63, 3.8) is 0 Å². The maximum absolute atomic E-state index is 10.5. The first kappa shape index (κ1) is 9.20. The lowest BCUT2D eigenvalue weighted by molar-refractivity contribution is -0.384. The zero-order valence-electron chi connectivity index (χ0n) is 7.34. The number of furan rings is 1. The summed E-state index contributed by atoms with van der Waals surface area (Å²) >= 11 is 0. The molecule has 6 nitrogen and oxygen atoms in total. The molecule has 2 rings (SSSR count). The minimum absolute atomic E-state index is 0.159. The van der Waals surface area contributed by atoms with Crippen molar-refractivity contribution >= 4 is 22.9 Å². The van der Waals surface area contributed by atoms with Crippen LogP contribution in [0.2, 0.25) is 0 Å². The molecule has 0 atom stereocenters. The predicted octanol–water partition coefficient (Wildman–Crippen LogP) is 1.86. The molecule has 0 amide bonds. The zero-order chi connectivity index (χ0) is 11.0. The van der Waals surface area contributed by atoms with Crippen LogP contribution in [-0.2, 0) is 0 Å². The van der Waals surface area contributed by atoms with E-state index in [0.29, 0.717) is 6.29 Å². The molecule has 1 heterocycles. The van der Waals surface area contributed by atoms with Gasteiger partial charge in [-0.2, -0.15) is 0 Å². The van der Waals surface area contributed by atoms with Gasteiger partial charge in [-0.05, 0) is 6.07 Å². The summed E-state index contributed by atoms with van der Waals surface area (Å²) < 4.78 is 4.94. The fourth-order valence-corrected chi connectivity index (χ4v) is 1.28. The SMILES string of the molecule is O=Cc1oc2ccc([N+](=O)[O-])cc2c1O. The van der Waals surface area contributed by atoms with E-state index in [1.807, 2.05) is 0 Å². The van der Waals surface area contributed by atoms with Gasteiger partial charge in [0.15, 0.2) is 12.0 Å². The molecule has 0 spiro atoms. The molecule has 1 N–H and O–H groups in total. The highest BCUT2D eigenvalue weighted by molar-refractivity contribution is 5.93. The topological polar surface area (TPSA) is 93.6 Å². The summed E-state index contributed by atoms with van der Waals surface area (Å²) in [5, 5.41) is 20.1. The molecule has 15 heavy (non-hydrogen) atoms. The minimum atomic E-state index is -0.591. The normalized spacial score (nSPS) is 10.4. The molecule has 76 valence electrons. The molecule has 0 saturated carbocycles. The lowest BCUT2D eigenvalue weighted by Crippen LogP contribution is -1.85. The molecule has 0 aliphatic heterocycles. The van der Waals surface area contributed by atoms with Crippen LogP contribution in [0.3, 0.4) is 0 Å². The van der Waals surface area contributed by atoms with E-state index in [1.165, 1.54) is 12.1 Å². The first-order chi connectivity index (χ1) is 7.13. The van der Waals surface area contributed by atoms with Gasteiger partial charge in [-0.25, -0.2) is 0 Å². The summed E-state index contributed by atoms with van der Waals surface area (Å²) in [6.45, 7) is 0. The predicted molar refractivity (Wildman–Crippen MR) is 49.9 cm³/mol. The van der Waals surface area contributed by atoms with Crippen molar-refractivity contribution in [2.24, 2.45) is 0 Å². The number of aldehydes is 1. The van der Waals surface area contributed by atoms with Crippen LogP contribution in [0.25, 0.3) is 11.0 Å². The van der Waals surface area contributed by atoms with Gasteiger partial charge in [-0.15, -0.1) is 0 Å². The third kappa shape index (κ3) is 1.32. The minimum Gasteiger partial charge on any atom is -0.504 e. The second kappa shape index (κ2) is 3.09. The van der Waals surface area contributed by atoms with Gasteiger partial charge in [0.2, 0.25) is 5.76 Å². The number of nitro groups is 1. The van der Waals surface area contributed by atoms with Crippen LogP contribution in [0.1, 0.15) is 10.6 Å². The average molecular weight is 207 g/mol. The highest BCUT2D eigenvalue weighted by atomic mass is 16.6. The molecule has 0 radical (unpaired) electrons. The van der Waals surface area contributed by atoms with Crippen molar-refractivity contribution in [2.45, 2.75) is 0 Å². The van der Waals surface area contributed by atoms with E-state index in [0.717, 1.165) is 6.07 Å². The van der Waals surface area contributed by atoms with E-state index in [1.54, 1.807) is 0 Å². The summed E-state index contributed by atoms with van der Waals surface area (Å²) in [6.07, 6.45) is 0.348. The summed E-state index contributed by atoms with van der Waals surface area (Å²) in [5.74, 6) is -0.603. The summed E-state index contributed by atoms with van der Waals surface area (Å²) in [4.78, 5) is 20.3. The summed E-state index contributed by atoms with van der Waals surface area (Å²) in [7, 11) is 0. The molecular formula is C9H5NO5. The lowest BCUT2D eigenvalue weighted by Gasteiger charge is -1.90. The van der Waals surface area contributed by atoms with Crippen molar-refractivity contribution in [2.75, 3.05) is 0 Å². The highest BCUT2D eigenvalue weighted by Gasteiger charge is 2.15. The highest BCUT2D eigenvalue weighted by Crippen LogP contribution is 2.33. The number of nitro benzene ring substituents is 1. The molecule has 0 bridgehead atoms. The maximum atomic E-state index is 10.5. The number of carbonyl (C=O) groups excluding carboxylic acids is 1. The fourth-order valence-electron chi connectivity index (χ4n) is 1.28. The Balaban J connectivity index is 2.75. The number of nitrogens with zero attached hydrogens (tertiary/aromatic N) is 1. The Morgan fingerprint density at radius 3 is 2.80 bits per heavy atom. The van der Waals surface area contributed by atoms with Crippen LogP contribution in [0.5, 0.6) is 5.75 Å². The van der Waals surface area contributed by atoms with Crippen LogP contribution in [-0.4, -0.2) is 16.3 Å². The van der Waals surface area contributed by atoms with Crippen molar-refractivity contribution in [1.29, 1.82) is 0 Å². The number of hydrogen-bond acceptors (Lipinski definition) is 5. The van der Waals surface area contributed by atoms with Gasteiger partial charge in [-0.1, -0.05) is 0 Å². The number of fused-ring (bicyclic) bond motifs is 1. The third-order valence-electron chi connectivity index (χ3n) is 1.99. The second-order valence-corrected chi connectivity index (χ2v) is 2.87. The van der Waals surface area contributed by atoms with Gasteiger partial charge in [0.25, 0.3) is 5.69 Å². The van der Waals surface area contributed by atoms with Crippen molar-refractivity contribution in [3.8, 4) is 5.75 Å². The van der Waals surface area contributed by atoms with E-state index in [9.17, 15) is 20.0 Å². The van der Waals surface area contributed by atoms with Gasteiger partial charge >= 0.3 is 0 Å². The molecule has 0 fully saturated rings. The van der Waals surface area contributed by atoms with E-state index < -0.39 is 4.92 Å². The van der Waals surface area contributed by atoms with Crippen LogP contribution in [0.4, 0.5) is 5.69 Å². The molecule has 6 heteroatoms. The van der Waals surface area contributed by atoms with Gasteiger partial charge in [0, 0.05) is 12.1 Å². The number of carbonyl (C=O) groups is 1. The largest absolute Gasteiger partial charge is 0.504 e. The molecule has 0 aliphatic carbocycles. The van der Waals surface area contributed by atoms with Crippen molar-refractivity contribution in [1.82, 2.24) is 0 Å². The average Bonchev–Trinajstić information content (AvgIpc) is 2.55. The first-order valence-corrected chi connectivity index (χ1v) is 3.98. The van der Waals surface area contributed by atoms with Crippen molar-refractivity contribution in [3.05, 3.63) is 34.1 Å². The van der Waals surface area contributed by atoms with E-state index in [2.05, 4.69) is 0 Å². The number of benzene rings is 1. The maximum Gasteiger partial charge on any atom is 0.270 e. The van der Waals surface area contributed by atoms with E-state index in [-0.39, 0.29) is 28.2 Å². The number of hydrogen-bond donors (Lipinski definition) is 1. The second-order valence-electron chi connectivity index (χ2n) is 2.87. The van der Waals surface area contributed by atoms with Gasteiger partial charge < -0.3 is 9.52 Å². The van der Waals surface area contributed by atoms with Crippen LogP contribution in [0, 0.1) is 10.1 Å². The van der Waals surface area contributed by atoms with Crippen LogP contribution >= 0.6 is 0 Å². The quantitative estimate of drug-likeness (QED) is 0.460. The fraction of sp³-hybridized carbons (Fsp3) is 0. The van der Waals surface area contributed by atoms with E-state index >= 15 is 0 Å². The molecule has 2 aromatic rings. The summed E-state index contributed by atoms with van der Waals surface area (Å²) in [5.41, 5.74) is 0.0660. The first-order valence-electron chi connectivity index (χ1n) is 3.98. The Kier molecular flexibility index (Phi) is 1.89. The molecule has 0 aliphatic rings. The van der Waals surface area contributed by atoms with Gasteiger partial charge in [0.05, 0.1) is 10.3 Å². The van der Waals surface area contributed by atoms with Gasteiger partial charge in [-0.3, -0.25) is 14.9 Å². The number of non-ortho nitro benzene ring substituents is 1.